The Morgan fingerprint density at radius 1 is 0.857 bits per heavy atom. The first kappa shape index (κ1) is 17.5. The van der Waals surface area contributed by atoms with Crippen molar-refractivity contribution >= 4 is 40.8 Å². The van der Waals surface area contributed by atoms with Gasteiger partial charge in [-0.1, -0.05) is 53.0 Å². The Labute approximate surface area is 173 Å². The van der Waals surface area contributed by atoms with E-state index in [1.807, 2.05) is 0 Å². The van der Waals surface area contributed by atoms with Gasteiger partial charge in [-0.3, -0.25) is 0 Å². The van der Waals surface area contributed by atoms with Crippen molar-refractivity contribution in [3.8, 4) is 23.0 Å². The lowest BCUT2D eigenvalue weighted by molar-refractivity contribution is 0.0224. The van der Waals surface area contributed by atoms with Crippen molar-refractivity contribution in [2.75, 3.05) is 0 Å². The number of carbonyl (C=O) groups excluding carboxylic acids is 1. The number of phenolic OH excluding ortho intramolecular Hbond substituents is 2. The largest absolute Gasteiger partial charge is 0.506 e. The van der Waals surface area contributed by atoms with Crippen molar-refractivity contribution in [3.05, 3.63) is 79.8 Å². The highest BCUT2D eigenvalue weighted by Crippen LogP contribution is 2.61. The van der Waals surface area contributed by atoms with Gasteiger partial charge in [0.15, 0.2) is 22.8 Å². The molecule has 2 aliphatic rings. The van der Waals surface area contributed by atoms with Crippen molar-refractivity contribution in [2.24, 2.45) is 0 Å². The molecule has 1 spiro atoms. The van der Waals surface area contributed by atoms with Crippen LogP contribution in [-0.2, 0) is 10.3 Å². The van der Waals surface area contributed by atoms with E-state index in [-0.39, 0.29) is 38.1 Å². The zero-order valence-corrected chi connectivity index (χ0v) is 16.1. The Hall–Kier alpha value is -2.60. The van der Waals surface area contributed by atoms with Crippen LogP contribution >= 0.6 is 34.8 Å². The van der Waals surface area contributed by atoms with E-state index in [1.165, 1.54) is 12.1 Å². The fraction of sp³-hybridized carbons (Fsp3) is 0.0500. The van der Waals surface area contributed by atoms with Crippen molar-refractivity contribution < 1.29 is 24.5 Å². The second kappa shape index (κ2) is 5.70. The molecule has 5 nitrogen and oxygen atoms in total. The summed E-state index contributed by atoms with van der Waals surface area (Å²) in [5, 5.41) is 20.0. The first-order valence-corrected chi connectivity index (χ1v) is 9.23. The van der Waals surface area contributed by atoms with E-state index in [0.717, 1.165) is 0 Å². The molecule has 1 unspecified atom stereocenters. The van der Waals surface area contributed by atoms with Crippen LogP contribution in [0.15, 0.2) is 42.5 Å². The van der Waals surface area contributed by atoms with E-state index >= 15 is 0 Å². The minimum absolute atomic E-state index is 0.0273. The molecule has 2 heterocycles. The number of hydrogen-bond acceptors (Lipinski definition) is 5. The average Bonchev–Trinajstić information content (AvgIpc) is 2.98. The third-order valence-electron chi connectivity index (χ3n) is 4.96. The van der Waals surface area contributed by atoms with Crippen molar-refractivity contribution in [1.29, 1.82) is 0 Å². The highest BCUT2D eigenvalue weighted by atomic mass is 35.5. The monoisotopic (exact) mass is 434 g/mol. The van der Waals surface area contributed by atoms with Gasteiger partial charge in [0.25, 0.3) is 0 Å². The van der Waals surface area contributed by atoms with Gasteiger partial charge < -0.3 is 19.7 Å². The molecule has 0 radical (unpaired) electrons. The van der Waals surface area contributed by atoms with Gasteiger partial charge in [0.05, 0.1) is 16.1 Å². The smallest absolute Gasteiger partial charge is 0.340 e. The normalized spacial score (nSPS) is 18.9. The zero-order valence-electron chi connectivity index (χ0n) is 13.8. The lowest BCUT2D eigenvalue weighted by Gasteiger charge is -2.37. The third-order valence-corrected chi connectivity index (χ3v) is 5.96. The summed E-state index contributed by atoms with van der Waals surface area (Å²) >= 11 is 18.7. The van der Waals surface area contributed by atoms with E-state index in [2.05, 4.69) is 0 Å². The van der Waals surface area contributed by atoms with Gasteiger partial charge in [-0.2, -0.15) is 0 Å². The van der Waals surface area contributed by atoms with Crippen LogP contribution in [0.4, 0.5) is 0 Å². The van der Waals surface area contributed by atoms with Crippen LogP contribution in [0.3, 0.4) is 0 Å². The molecule has 0 aliphatic carbocycles. The number of rotatable bonds is 0. The lowest BCUT2D eigenvalue weighted by Crippen LogP contribution is -2.33. The van der Waals surface area contributed by atoms with Gasteiger partial charge in [0.1, 0.15) is 15.8 Å². The van der Waals surface area contributed by atoms with Crippen molar-refractivity contribution in [2.45, 2.75) is 5.60 Å². The molecule has 0 saturated heterocycles. The summed E-state index contributed by atoms with van der Waals surface area (Å²) in [5.41, 5.74) is 0.206. The van der Waals surface area contributed by atoms with Crippen LogP contribution in [0, 0.1) is 0 Å². The molecule has 0 saturated carbocycles. The standard InChI is InChI=1S/C20H9Cl3O5/c21-12-7-11-18(15(23)16(12)25)27-17-10(5-6-13(24)14(17)22)20(11)9-4-2-1-3-8(9)19(26)28-20/h1-7,24-25H. The maximum absolute atomic E-state index is 12.7. The number of benzene rings is 3. The SMILES string of the molecule is O=C1OC2(c3ccccc31)c1ccc(O)c(Cl)c1Oc1c2cc(Cl)c(O)c1Cl. The molecule has 140 valence electrons. The minimum Gasteiger partial charge on any atom is -0.506 e. The predicted octanol–water partition coefficient (Wildman–Crippen LogP) is 5.63. The van der Waals surface area contributed by atoms with Gasteiger partial charge in [-0.15, -0.1) is 0 Å². The van der Waals surface area contributed by atoms with E-state index in [4.69, 9.17) is 44.3 Å². The summed E-state index contributed by atoms with van der Waals surface area (Å²) in [7, 11) is 0. The van der Waals surface area contributed by atoms with Crippen LogP contribution in [0.2, 0.25) is 15.1 Å². The van der Waals surface area contributed by atoms with Gasteiger partial charge >= 0.3 is 5.97 Å². The summed E-state index contributed by atoms with van der Waals surface area (Å²) in [6.45, 7) is 0. The van der Waals surface area contributed by atoms with E-state index in [1.54, 1.807) is 30.3 Å². The molecule has 0 amide bonds. The molecule has 5 rings (SSSR count). The highest BCUT2D eigenvalue weighted by molar-refractivity contribution is 6.38. The number of ether oxygens (including phenoxy) is 2. The maximum Gasteiger partial charge on any atom is 0.340 e. The van der Waals surface area contributed by atoms with Gasteiger partial charge in [0.2, 0.25) is 0 Å². The Morgan fingerprint density at radius 3 is 2.36 bits per heavy atom. The maximum atomic E-state index is 12.7. The summed E-state index contributed by atoms with van der Waals surface area (Å²) in [4.78, 5) is 12.7. The fourth-order valence-corrected chi connectivity index (χ4v) is 4.44. The number of halogens is 3. The number of carbonyl (C=O) groups is 1. The van der Waals surface area contributed by atoms with E-state index < -0.39 is 11.6 Å². The molecule has 0 fully saturated rings. The Kier molecular flexibility index (Phi) is 3.56. The molecule has 1 atom stereocenters. The number of hydrogen-bond donors (Lipinski definition) is 2. The van der Waals surface area contributed by atoms with Crippen LogP contribution in [0.5, 0.6) is 23.0 Å². The minimum atomic E-state index is -1.45. The van der Waals surface area contributed by atoms with Crippen LogP contribution in [0.25, 0.3) is 0 Å². The molecule has 2 N–H and O–H groups in total. The predicted molar refractivity (Wildman–Crippen MR) is 103 cm³/mol. The Balaban J connectivity index is 1.97. The van der Waals surface area contributed by atoms with Crippen molar-refractivity contribution in [1.82, 2.24) is 0 Å². The Morgan fingerprint density at radius 2 is 1.57 bits per heavy atom. The van der Waals surface area contributed by atoms with E-state index in [0.29, 0.717) is 22.3 Å². The first-order chi connectivity index (χ1) is 13.4. The zero-order chi connectivity index (χ0) is 19.8. The molecule has 3 aromatic carbocycles. The quantitative estimate of drug-likeness (QED) is 0.448. The first-order valence-electron chi connectivity index (χ1n) is 8.10. The van der Waals surface area contributed by atoms with Gasteiger partial charge in [-0.25, -0.2) is 4.79 Å². The molecular formula is C20H9Cl3O5. The highest BCUT2D eigenvalue weighted by Gasteiger charge is 2.55. The molecule has 0 aromatic heterocycles. The second-order valence-electron chi connectivity index (χ2n) is 6.39. The Bertz CT molecular complexity index is 1210. The van der Waals surface area contributed by atoms with Crippen LogP contribution < -0.4 is 4.74 Å². The molecular weight excluding hydrogens is 427 g/mol. The summed E-state index contributed by atoms with van der Waals surface area (Å²) in [6, 6.07) is 11.3. The molecule has 28 heavy (non-hydrogen) atoms. The third kappa shape index (κ3) is 2.01. The lowest BCUT2D eigenvalue weighted by atomic mass is 9.77. The van der Waals surface area contributed by atoms with E-state index in [9.17, 15) is 15.0 Å². The summed E-state index contributed by atoms with van der Waals surface area (Å²) in [6.07, 6.45) is 0. The van der Waals surface area contributed by atoms with Crippen LogP contribution in [-0.4, -0.2) is 16.2 Å². The number of phenols is 2. The van der Waals surface area contributed by atoms with Gasteiger partial charge in [-0.05, 0) is 24.3 Å². The second-order valence-corrected chi connectivity index (χ2v) is 7.55. The average molecular weight is 436 g/mol. The molecule has 2 aliphatic heterocycles. The number of esters is 1. The molecule has 3 aromatic rings. The van der Waals surface area contributed by atoms with Crippen LogP contribution in [0.1, 0.15) is 27.0 Å². The number of aromatic hydroxyl groups is 2. The summed E-state index contributed by atoms with van der Waals surface area (Å²) in [5.74, 6) is -1.03. The molecule has 0 bridgehead atoms. The van der Waals surface area contributed by atoms with Gasteiger partial charge in [0, 0.05) is 11.1 Å². The van der Waals surface area contributed by atoms with Crippen molar-refractivity contribution in [3.63, 3.8) is 0 Å². The fourth-order valence-electron chi connectivity index (χ4n) is 3.74. The summed E-state index contributed by atoms with van der Waals surface area (Å²) < 4.78 is 11.8. The molecule has 8 heteroatoms. The topological polar surface area (TPSA) is 76.0 Å². The number of fused-ring (bicyclic) bond motifs is 6.